The van der Waals surface area contributed by atoms with Crippen molar-refractivity contribution in [3.05, 3.63) is 60.4 Å². The molecule has 4 aliphatic carbocycles. The van der Waals surface area contributed by atoms with Crippen LogP contribution in [0.1, 0.15) is 91.9 Å². The van der Waals surface area contributed by atoms with Crippen LogP contribution in [0.4, 0.5) is 9.18 Å². The topological polar surface area (TPSA) is 192 Å². The number of hydrogen-bond donors (Lipinski definition) is 3. The molecule has 4 amide bonds. The highest BCUT2D eigenvalue weighted by atomic mass is 32.2. The first-order chi connectivity index (χ1) is 31.5. The van der Waals surface area contributed by atoms with Crippen LogP contribution in [0.5, 0.6) is 17.4 Å². The van der Waals surface area contributed by atoms with Gasteiger partial charge in [0.1, 0.15) is 35.6 Å². The Labute approximate surface area is 385 Å². The Bertz CT molecular complexity index is 2520. The number of nitrogens with one attached hydrogen (secondary N) is 3. The fourth-order valence-corrected chi connectivity index (χ4v) is 11.7. The van der Waals surface area contributed by atoms with Crippen LogP contribution < -0.4 is 29.6 Å². The maximum absolute atomic E-state index is 15.5. The van der Waals surface area contributed by atoms with Crippen molar-refractivity contribution in [3.63, 3.8) is 0 Å². The molecule has 9 rings (SSSR count). The van der Waals surface area contributed by atoms with Gasteiger partial charge in [-0.15, -0.1) is 0 Å². The Morgan fingerprint density at radius 2 is 1.71 bits per heavy atom. The van der Waals surface area contributed by atoms with E-state index in [1.165, 1.54) is 18.1 Å². The maximum atomic E-state index is 15.5. The Hall–Kier alpha value is -5.45. The number of sulfonamides is 1. The van der Waals surface area contributed by atoms with E-state index in [9.17, 15) is 22.8 Å². The molecule has 0 bridgehead atoms. The van der Waals surface area contributed by atoms with E-state index in [2.05, 4.69) is 22.3 Å². The first-order valence-electron chi connectivity index (χ1n) is 23.4. The summed E-state index contributed by atoms with van der Waals surface area (Å²) in [6.45, 7) is 7.71. The molecule has 3 heterocycles. The third-order valence-corrected chi connectivity index (χ3v) is 16.1. The lowest BCUT2D eigenvalue weighted by atomic mass is 9.88. The molecule has 2 aliphatic heterocycles. The largest absolute Gasteiger partial charge is 0.494 e. The summed E-state index contributed by atoms with van der Waals surface area (Å²) < 4.78 is 67.5. The van der Waals surface area contributed by atoms with Gasteiger partial charge in [0.05, 0.1) is 30.7 Å². The molecule has 2 aromatic carbocycles. The smallest absolute Gasteiger partial charge is 0.408 e. The number of alkyl carbamates (subject to hydrolysis) is 1. The van der Waals surface area contributed by atoms with Crippen molar-refractivity contribution in [2.45, 2.75) is 133 Å². The lowest BCUT2D eigenvalue weighted by molar-refractivity contribution is -0.142. The molecule has 0 spiro atoms. The predicted molar refractivity (Wildman–Crippen MR) is 242 cm³/mol. The van der Waals surface area contributed by atoms with Gasteiger partial charge < -0.3 is 34.5 Å². The van der Waals surface area contributed by atoms with Crippen molar-refractivity contribution in [1.82, 2.24) is 25.2 Å². The second kappa shape index (κ2) is 18.0. The predicted octanol–water partition coefficient (Wildman–Crippen LogP) is 6.57. The summed E-state index contributed by atoms with van der Waals surface area (Å²) >= 11 is 0. The molecule has 1 aromatic heterocycles. The number of amides is 4. The zero-order chi connectivity index (χ0) is 46.7. The van der Waals surface area contributed by atoms with Crippen LogP contribution in [0.2, 0.25) is 0 Å². The van der Waals surface area contributed by atoms with E-state index < -0.39 is 74.5 Å². The number of allylic oxidation sites excluding steroid dienone is 1. The highest BCUT2D eigenvalue weighted by Crippen LogP contribution is 2.52. The molecule has 4 saturated carbocycles. The van der Waals surface area contributed by atoms with Crippen molar-refractivity contribution in [1.29, 1.82) is 0 Å². The van der Waals surface area contributed by atoms with Crippen LogP contribution in [0, 0.1) is 35.4 Å². The van der Waals surface area contributed by atoms with Gasteiger partial charge in [-0.05, 0) is 143 Å². The average Bonchev–Trinajstić information content (AvgIpc) is 4.23. The molecule has 17 heteroatoms. The number of nitrogens with zero attached hydrogens (tertiary/aromatic N) is 2. The molecular formula is C49H60FN5O10S. The number of fused-ring (bicyclic) bond motifs is 4. The molecule has 0 radical (unpaired) electrons. The number of aromatic nitrogens is 1. The number of hydrogen-bond acceptors (Lipinski definition) is 11. The van der Waals surface area contributed by atoms with Gasteiger partial charge >= 0.3 is 6.09 Å². The summed E-state index contributed by atoms with van der Waals surface area (Å²) in [6.07, 6.45) is 7.64. The summed E-state index contributed by atoms with van der Waals surface area (Å²) in [5.74, 6) is -1.57. The van der Waals surface area contributed by atoms with E-state index >= 15 is 9.18 Å². The van der Waals surface area contributed by atoms with E-state index in [1.807, 2.05) is 57.2 Å². The number of halogens is 1. The molecule has 10 atom stereocenters. The van der Waals surface area contributed by atoms with Crippen molar-refractivity contribution in [2.75, 3.05) is 13.7 Å². The number of carbonyl (C=O) groups excluding carboxylic acids is 4. The Kier molecular flexibility index (Phi) is 12.4. The summed E-state index contributed by atoms with van der Waals surface area (Å²) in [7, 11) is -2.58. The van der Waals surface area contributed by atoms with Crippen LogP contribution in [-0.2, 0) is 29.1 Å². The van der Waals surface area contributed by atoms with Gasteiger partial charge in [0, 0.05) is 23.3 Å². The molecule has 1 saturated heterocycles. The lowest BCUT2D eigenvalue weighted by Gasteiger charge is -2.33. The van der Waals surface area contributed by atoms with Crippen LogP contribution in [-0.4, -0.2) is 97.0 Å². The Balaban J connectivity index is 1.06. The van der Waals surface area contributed by atoms with Crippen molar-refractivity contribution >= 4 is 44.6 Å². The molecule has 1 unspecified atom stereocenters. The first kappa shape index (κ1) is 45.7. The maximum Gasteiger partial charge on any atom is 0.408 e. The highest BCUT2D eigenvalue weighted by molar-refractivity contribution is 7.91. The minimum Gasteiger partial charge on any atom is -0.494 e. The molecule has 3 aromatic rings. The number of methoxy groups -OCH3 is 1. The molecule has 3 N–H and O–H groups in total. The molecule has 5 fully saturated rings. The molecule has 66 heavy (non-hydrogen) atoms. The van der Waals surface area contributed by atoms with E-state index in [0.717, 1.165) is 25.7 Å². The van der Waals surface area contributed by atoms with Crippen molar-refractivity contribution < 1.29 is 50.9 Å². The van der Waals surface area contributed by atoms with Gasteiger partial charge in [-0.3, -0.25) is 19.1 Å². The van der Waals surface area contributed by atoms with Gasteiger partial charge in [0.2, 0.25) is 27.7 Å². The molecule has 6 aliphatic rings. The van der Waals surface area contributed by atoms with Gasteiger partial charge in [0.15, 0.2) is 11.6 Å². The second-order valence-electron chi connectivity index (χ2n) is 19.8. The fourth-order valence-electron chi connectivity index (χ4n) is 10.3. The Morgan fingerprint density at radius 3 is 2.41 bits per heavy atom. The van der Waals surface area contributed by atoms with E-state index in [0.29, 0.717) is 65.3 Å². The van der Waals surface area contributed by atoms with Crippen molar-refractivity contribution in [2.24, 2.45) is 29.6 Å². The third kappa shape index (κ3) is 9.68. The number of carbonyl (C=O) groups is 4. The van der Waals surface area contributed by atoms with Gasteiger partial charge in [0.25, 0.3) is 5.91 Å². The first-order valence-corrected chi connectivity index (χ1v) is 25.0. The second-order valence-corrected chi connectivity index (χ2v) is 21.8. The monoisotopic (exact) mass is 929 g/mol. The van der Waals surface area contributed by atoms with Gasteiger partial charge in [-0.25, -0.2) is 22.6 Å². The zero-order valence-corrected chi connectivity index (χ0v) is 38.9. The summed E-state index contributed by atoms with van der Waals surface area (Å²) in [5, 5.41) is 6.03. The lowest BCUT2D eigenvalue weighted by Crippen LogP contribution is -2.59. The molecule has 354 valence electrons. The van der Waals surface area contributed by atoms with Gasteiger partial charge in [-0.1, -0.05) is 26.0 Å². The van der Waals surface area contributed by atoms with E-state index in [-0.39, 0.29) is 55.1 Å². The standard InChI is InChI=1S/C49H60FN5O10S/c1-26(2)63-34-12-10-29(11-13-34)40-20-32-21-42(62-5)39(50)23-38(32)45(51-40)64-36-22-41-44(56)53-49(47(58)54-66(60,61)37-14-15-37)24-33(49)9-7-6-8-27(3)16-28(4)43(46(57)55(41)25-36)52-48(59)65-35-18-30-17-31(30)19-35/h7,9-13,20-21,23,26-28,30-31,33,35-37,41,43H,6,8,14-19,22,24-25H2,1-5H3,(H,52,59)(H,53,56)(H,54,58)/b9-7-/t27-,28-,30-,31+,33-,35?,36-,41+,43+,49-/m1/s1. The highest BCUT2D eigenvalue weighted by Gasteiger charge is 2.62. The summed E-state index contributed by atoms with van der Waals surface area (Å²) in [5.41, 5.74) is -0.366. The quantitative estimate of drug-likeness (QED) is 0.176. The minimum atomic E-state index is -3.96. The van der Waals surface area contributed by atoms with Crippen LogP contribution in [0.25, 0.3) is 22.0 Å². The van der Waals surface area contributed by atoms with Crippen LogP contribution in [0.15, 0.2) is 54.6 Å². The normalized spacial score (nSPS) is 31.3. The average molecular weight is 930 g/mol. The summed E-state index contributed by atoms with van der Waals surface area (Å²) in [6, 6.07) is 9.65. The van der Waals surface area contributed by atoms with Crippen LogP contribution >= 0.6 is 0 Å². The van der Waals surface area contributed by atoms with Gasteiger partial charge in [-0.2, -0.15) is 0 Å². The number of benzene rings is 2. The molecular weight excluding hydrogens is 870 g/mol. The molecule has 15 nitrogen and oxygen atoms in total. The fraction of sp³-hybridized carbons (Fsp3) is 0.571. The number of rotatable bonds is 11. The SMILES string of the molecule is COc1cc2cc(-c3ccc(OC(C)C)cc3)nc(O[C@@H]3C[C@H]4C(=O)N[C@]5(C(=O)NS(=O)(=O)C6CC6)C[C@H]5/C=C\CC[C@@H](C)C[C@@H](C)[C@H](NC(=O)OC5C[C@@H]6C[C@@H]6C5)C(=O)N4C3)c2cc1F. The van der Waals surface area contributed by atoms with E-state index in [4.69, 9.17) is 23.9 Å². The zero-order valence-electron chi connectivity index (χ0n) is 38.1. The number of pyridine rings is 1. The summed E-state index contributed by atoms with van der Waals surface area (Å²) in [4.78, 5) is 63.8. The van der Waals surface area contributed by atoms with Crippen molar-refractivity contribution in [3.8, 4) is 28.6 Å². The minimum absolute atomic E-state index is 0.0154. The third-order valence-electron chi connectivity index (χ3n) is 14.2. The van der Waals surface area contributed by atoms with Crippen LogP contribution in [0.3, 0.4) is 0 Å². The van der Waals surface area contributed by atoms with E-state index in [1.54, 1.807) is 12.1 Å². The Morgan fingerprint density at radius 1 is 0.970 bits per heavy atom. The number of ether oxygens (including phenoxy) is 4.